The van der Waals surface area contributed by atoms with Gasteiger partial charge in [-0.05, 0) is 55.5 Å². The SMILES string of the molecule is CCCCc1ccc(-c2cc(C)ccn2)c(C)c1. The quantitative estimate of drug-likeness (QED) is 0.753. The number of pyridine rings is 1. The van der Waals surface area contributed by atoms with Crippen molar-refractivity contribution in [2.75, 3.05) is 0 Å². The maximum Gasteiger partial charge on any atom is 0.0707 e. The molecule has 0 unspecified atom stereocenters. The largest absolute Gasteiger partial charge is 0.256 e. The number of hydrogen-bond acceptors (Lipinski definition) is 1. The van der Waals surface area contributed by atoms with E-state index in [-0.39, 0.29) is 0 Å². The third kappa shape index (κ3) is 2.98. The summed E-state index contributed by atoms with van der Waals surface area (Å²) in [6.07, 6.45) is 5.58. The van der Waals surface area contributed by atoms with E-state index < -0.39 is 0 Å². The molecule has 1 nitrogen and oxygen atoms in total. The minimum Gasteiger partial charge on any atom is -0.256 e. The van der Waals surface area contributed by atoms with Gasteiger partial charge < -0.3 is 0 Å². The lowest BCUT2D eigenvalue weighted by Gasteiger charge is -2.08. The zero-order valence-corrected chi connectivity index (χ0v) is 11.5. The van der Waals surface area contributed by atoms with Gasteiger partial charge in [0, 0.05) is 11.8 Å². The van der Waals surface area contributed by atoms with Crippen LogP contribution in [0, 0.1) is 13.8 Å². The van der Waals surface area contributed by atoms with Crippen LogP contribution in [-0.2, 0) is 6.42 Å². The van der Waals surface area contributed by atoms with Crippen LogP contribution in [0.25, 0.3) is 11.3 Å². The molecular formula is C17H21N. The van der Waals surface area contributed by atoms with Crippen LogP contribution in [0.4, 0.5) is 0 Å². The van der Waals surface area contributed by atoms with Gasteiger partial charge in [0.2, 0.25) is 0 Å². The molecule has 0 amide bonds. The third-order valence-electron chi connectivity index (χ3n) is 3.30. The van der Waals surface area contributed by atoms with Crippen LogP contribution in [-0.4, -0.2) is 4.98 Å². The summed E-state index contributed by atoms with van der Waals surface area (Å²) in [7, 11) is 0. The Morgan fingerprint density at radius 1 is 1.06 bits per heavy atom. The summed E-state index contributed by atoms with van der Waals surface area (Å²) in [4.78, 5) is 4.46. The predicted octanol–water partition coefficient (Wildman–Crippen LogP) is 4.71. The Morgan fingerprint density at radius 3 is 2.56 bits per heavy atom. The highest BCUT2D eigenvalue weighted by Gasteiger charge is 2.04. The lowest BCUT2D eigenvalue weighted by molar-refractivity contribution is 0.794. The molecule has 1 heteroatoms. The van der Waals surface area contributed by atoms with E-state index >= 15 is 0 Å². The number of aryl methyl sites for hydroxylation is 3. The minimum atomic E-state index is 1.08. The van der Waals surface area contributed by atoms with Crippen LogP contribution in [0.3, 0.4) is 0 Å². The van der Waals surface area contributed by atoms with E-state index in [9.17, 15) is 0 Å². The summed E-state index contributed by atoms with van der Waals surface area (Å²) >= 11 is 0. The minimum absolute atomic E-state index is 1.08. The van der Waals surface area contributed by atoms with Crippen molar-refractivity contribution in [1.29, 1.82) is 0 Å². The Balaban J connectivity index is 2.29. The molecule has 0 aliphatic heterocycles. The molecule has 2 rings (SSSR count). The van der Waals surface area contributed by atoms with Crippen LogP contribution < -0.4 is 0 Å². The molecule has 0 spiro atoms. The van der Waals surface area contributed by atoms with Crippen molar-refractivity contribution in [2.24, 2.45) is 0 Å². The topological polar surface area (TPSA) is 12.9 Å². The molecule has 0 bridgehead atoms. The Bertz CT molecular complexity index is 529. The number of benzene rings is 1. The van der Waals surface area contributed by atoms with Gasteiger partial charge in [0.25, 0.3) is 0 Å². The number of unbranched alkanes of at least 4 members (excludes halogenated alkanes) is 1. The van der Waals surface area contributed by atoms with Crippen molar-refractivity contribution in [3.05, 3.63) is 53.2 Å². The Kier molecular flexibility index (Phi) is 4.14. The zero-order valence-electron chi connectivity index (χ0n) is 11.5. The van der Waals surface area contributed by atoms with Gasteiger partial charge in [-0.25, -0.2) is 0 Å². The van der Waals surface area contributed by atoms with Gasteiger partial charge in [0.05, 0.1) is 5.69 Å². The summed E-state index contributed by atoms with van der Waals surface area (Å²) in [5.41, 5.74) is 6.34. The lowest BCUT2D eigenvalue weighted by Crippen LogP contribution is -1.91. The Labute approximate surface area is 110 Å². The molecular weight excluding hydrogens is 218 g/mol. The molecule has 0 aliphatic carbocycles. The molecule has 0 aliphatic rings. The van der Waals surface area contributed by atoms with Crippen molar-refractivity contribution >= 4 is 0 Å². The highest BCUT2D eigenvalue weighted by molar-refractivity contribution is 5.64. The first-order valence-electron chi connectivity index (χ1n) is 6.73. The van der Waals surface area contributed by atoms with E-state index in [1.54, 1.807) is 0 Å². The van der Waals surface area contributed by atoms with Crippen LogP contribution in [0.15, 0.2) is 36.5 Å². The molecule has 1 heterocycles. The summed E-state index contributed by atoms with van der Waals surface area (Å²) in [5.74, 6) is 0. The van der Waals surface area contributed by atoms with Gasteiger partial charge in [-0.1, -0.05) is 31.5 Å². The molecule has 94 valence electrons. The first-order valence-corrected chi connectivity index (χ1v) is 6.73. The fourth-order valence-electron chi connectivity index (χ4n) is 2.23. The highest BCUT2D eigenvalue weighted by Crippen LogP contribution is 2.23. The number of nitrogens with zero attached hydrogens (tertiary/aromatic N) is 1. The zero-order chi connectivity index (χ0) is 13.0. The van der Waals surface area contributed by atoms with E-state index in [4.69, 9.17) is 0 Å². The molecule has 0 atom stereocenters. The molecule has 0 saturated heterocycles. The van der Waals surface area contributed by atoms with E-state index in [0.29, 0.717) is 0 Å². The molecule has 2 aromatic rings. The van der Waals surface area contributed by atoms with Crippen molar-refractivity contribution in [3.63, 3.8) is 0 Å². The maximum absolute atomic E-state index is 4.46. The summed E-state index contributed by atoms with van der Waals surface area (Å²) < 4.78 is 0. The average molecular weight is 239 g/mol. The van der Waals surface area contributed by atoms with Crippen molar-refractivity contribution in [2.45, 2.75) is 40.0 Å². The second-order valence-corrected chi connectivity index (χ2v) is 4.97. The summed E-state index contributed by atoms with van der Waals surface area (Å²) in [5, 5.41) is 0. The van der Waals surface area contributed by atoms with Gasteiger partial charge in [0.15, 0.2) is 0 Å². The molecule has 0 saturated carbocycles. The van der Waals surface area contributed by atoms with Gasteiger partial charge in [-0.15, -0.1) is 0 Å². The molecule has 1 aromatic carbocycles. The lowest BCUT2D eigenvalue weighted by atomic mass is 9.99. The standard InChI is InChI=1S/C17H21N/c1-4-5-6-15-7-8-16(14(3)12-15)17-11-13(2)9-10-18-17/h7-12H,4-6H2,1-3H3. The summed E-state index contributed by atoms with van der Waals surface area (Å²) in [6, 6.07) is 10.9. The van der Waals surface area contributed by atoms with Gasteiger partial charge in [0.1, 0.15) is 0 Å². The maximum atomic E-state index is 4.46. The van der Waals surface area contributed by atoms with E-state index in [0.717, 1.165) is 5.69 Å². The first kappa shape index (κ1) is 12.8. The van der Waals surface area contributed by atoms with E-state index in [1.807, 2.05) is 12.3 Å². The van der Waals surface area contributed by atoms with Gasteiger partial charge >= 0.3 is 0 Å². The normalized spacial score (nSPS) is 10.6. The van der Waals surface area contributed by atoms with Crippen LogP contribution in [0.1, 0.15) is 36.5 Å². The van der Waals surface area contributed by atoms with E-state index in [2.05, 4.69) is 50.0 Å². The number of hydrogen-bond donors (Lipinski definition) is 0. The van der Waals surface area contributed by atoms with Crippen molar-refractivity contribution in [3.8, 4) is 11.3 Å². The Hall–Kier alpha value is -1.63. The van der Waals surface area contributed by atoms with Gasteiger partial charge in [-0.2, -0.15) is 0 Å². The van der Waals surface area contributed by atoms with E-state index in [1.165, 1.54) is 41.5 Å². The second kappa shape index (κ2) is 5.81. The first-order chi connectivity index (χ1) is 8.70. The molecule has 0 radical (unpaired) electrons. The highest BCUT2D eigenvalue weighted by atomic mass is 14.7. The van der Waals surface area contributed by atoms with Crippen LogP contribution in [0.5, 0.6) is 0 Å². The van der Waals surface area contributed by atoms with Crippen LogP contribution in [0.2, 0.25) is 0 Å². The third-order valence-corrected chi connectivity index (χ3v) is 3.30. The fourth-order valence-corrected chi connectivity index (χ4v) is 2.23. The predicted molar refractivity (Wildman–Crippen MR) is 77.8 cm³/mol. The molecule has 0 fully saturated rings. The number of aromatic nitrogens is 1. The number of rotatable bonds is 4. The van der Waals surface area contributed by atoms with Crippen molar-refractivity contribution < 1.29 is 0 Å². The average Bonchev–Trinajstić information content (AvgIpc) is 2.36. The monoisotopic (exact) mass is 239 g/mol. The van der Waals surface area contributed by atoms with Crippen molar-refractivity contribution in [1.82, 2.24) is 4.98 Å². The molecule has 1 aromatic heterocycles. The van der Waals surface area contributed by atoms with Gasteiger partial charge in [-0.3, -0.25) is 4.98 Å². The smallest absolute Gasteiger partial charge is 0.0707 e. The van der Waals surface area contributed by atoms with Crippen LogP contribution >= 0.6 is 0 Å². The fraction of sp³-hybridized carbons (Fsp3) is 0.353. The second-order valence-electron chi connectivity index (χ2n) is 4.97. The molecule has 18 heavy (non-hydrogen) atoms. The molecule has 0 N–H and O–H groups in total. The summed E-state index contributed by atoms with van der Waals surface area (Å²) in [6.45, 7) is 6.52. The Morgan fingerprint density at radius 2 is 1.89 bits per heavy atom.